The largest absolute Gasteiger partial charge is 0.380 e. The first-order valence-electron chi connectivity index (χ1n) is 5.04. The van der Waals surface area contributed by atoms with Gasteiger partial charge in [0, 0.05) is 13.2 Å². The number of methoxy groups -OCH3 is 1. The molecular formula is C10H21NO. The zero-order valence-electron chi connectivity index (χ0n) is 8.25. The lowest BCUT2D eigenvalue weighted by Crippen LogP contribution is -2.41. The summed E-state index contributed by atoms with van der Waals surface area (Å²) in [5, 5.41) is 0. The molecular weight excluding hydrogens is 150 g/mol. The van der Waals surface area contributed by atoms with Gasteiger partial charge in [-0.3, -0.25) is 0 Å². The minimum absolute atomic E-state index is 0.216. The number of nitrogens with two attached hydrogens (primary N) is 1. The van der Waals surface area contributed by atoms with E-state index in [4.69, 9.17) is 10.5 Å². The molecule has 2 unspecified atom stereocenters. The Hall–Kier alpha value is -0.0800. The molecule has 2 heteroatoms. The van der Waals surface area contributed by atoms with E-state index in [9.17, 15) is 0 Å². The van der Waals surface area contributed by atoms with Gasteiger partial charge < -0.3 is 10.5 Å². The van der Waals surface area contributed by atoms with Crippen LogP contribution in [0.25, 0.3) is 0 Å². The lowest BCUT2D eigenvalue weighted by molar-refractivity contribution is 0.0678. The Bertz CT molecular complexity index is 121. The predicted molar refractivity (Wildman–Crippen MR) is 51.0 cm³/mol. The van der Waals surface area contributed by atoms with Crippen molar-refractivity contribution < 1.29 is 4.74 Å². The van der Waals surface area contributed by atoms with Crippen LogP contribution in [0.3, 0.4) is 0 Å². The van der Waals surface area contributed by atoms with E-state index in [1.54, 1.807) is 7.11 Å². The zero-order valence-corrected chi connectivity index (χ0v) is 8.25. The number of hydrogen-bond donors (Lipinski definition) is 1. The second-order valence-corrected chi connectivity index (χ2v) is 3.92. The summed E-state index contributed by atoms with van der Waals surface area (Å²) in [5.74, 6) is 0.702. The second-order valence-electron chi connectivity index (χ2n) is 3.92. The number of rotatable bonds is 3. The highest BCUT2D eigenvalue weighted by atomic mass is 16.5. The molecule has 0 bridgehead atoms. The van der Waals surface area contributed by atoms with E-state index in [0.717, 1.165) is 0 Å². The van der Waals surface area contributed by atoms with Gasteiger partial charge in [-0.1, -0.05) is 19.3 Å². The van der Waals surface area contributed by atoms with Gasteiger partial charge in [-0.25, -0.2) is 0 Å². The molecule has 2 atom stereocenters. The first-order chi connectivity index (χ1) is 5.75. The highest BCUT2D eigenvalue weighted by Gasteiger charge is 2.24. The summed E-state index contributed by atoms with van der Waals surface area (Å²) in [6.45, 7) is 2.07. The van der Waals surface area contributed by atoms with Gasteiger partial charge in [0.05, 0.1) is 6.10 Å². The van der Waals surface area contributed by atoms with E-state index in [-0.39, 0.29) is 12.1 Å². The van der Waals surface area contributed by atoms with Crippen molar-refractivity contribution in [2.75, 3.05) is 7.11 Å². The van der Waals surface area contributed by atoms with Crippen LogP contribution in [0.5, 0.6) is 0 Å². The molecule has 0 aromatic rings. The predicted octanol–water partition coefficient (Wildman–Crippen LogP) is 1.93. The molecule has 2 nitrogen and oxygen atoms in total. The van der Waals surface area contributed by atoms with Crippen LogP contribution in [0.1, 0.15) is 39.0 Å². The fourth-order valence-electron chi connectivity index (χ4n) is 2.06. The van der Waals surface area contributed by atoms with Gasteiger partial charge in [0.1, 0.15) is 0 Å². The van der Waals surface area contributed by atoms with Crippen molar-refractivity contribution in [2.45, 2.75) is 51.2 Å². The quantitative estimate of drug-likeness (QED) is 0.704. The van der Waals surface area contributed by atoms with E-state index >= 15 is 0 Å². The van der Waals surface area contributed by atoms with Crippen LogP contribution in [-0.4, -0.2) is 19.3 Å². The molecule has 0 aromatic heterocycles. The highest BCUT2D eigenvalue weighted by molar-refractivity contribution is 4.80. The van der Waals surface area contributed by atoms with Crippen molar-refractivity contribution in [3.05, 3.63) is 0 Å². The van der Waals surface area contributed by atoms with E-state index in [2.05, 4.69) is 6.92 Å². The van der Waals surface area contributed by atoms with Crippen molar-refractivity contribution in [3.63, 3.8) is 0 Å². The SMILES string of the molecule is COC(C)C(N)C1CCCCC1. The molecule has 72 valence electrons. The third-order valence-corrected chi connectivity index (χ3v) is 3.11. The molecule has 0 aromatic carbocycles. The van der Waals surface area contributed by atoms with E-state index in [1.165, 1.54) is 32.1 Å². The summed E-state index contributed by atoms with van der Waals surface area (Å²) in [4.78, 5) is 0. The Morgan fingerprint density at radius 2 is 1.83 bits per heavy atom. The average Bonchev–Trinajstić information content (AvgIpc) is 2.17. The van der Waals surface area contributed by atoms with Crippen LogP contribution in [0.15, 0.2) is 0 Å². The molecule has 0 heterocycles. The lowest BCUT2D eigenvalue weighted by atomic mass is 9.82. The Balaban J connectivity index is 2.33. The van der Waals surface area contributed by atoms with Crippen molar-refractivity contribution in [1.82, 2.24) is 0 Å². The smallest absolute Gasteiger partial charge is 0.0696 e. The van der Waals surface area contributed by atoms with Gasteiger partial charge in [0.2, 0.25) is 0 Å². The van der Waals surface area contributed by atoms with Crippen molar-refractivity contribution in [1.29, 1.82) is 0 Å². The van der Waals surface area contributed by atoms with Crippen LogP contribution in [0, 0.1) is 5.92 Å². The Morgan fingerprint density at radius 3 is 2.33 bits per heavy atom. The van der Waals surface area contributed by atoms with Gasteiger partial charge in [-0.15, -0.1) is 0 Å². The minimum atomic E-state index is 0.216. The minimum Gasteiger partial charge on any atom is -0.380 e. The van der Waals surface area contributed by atoms with Crippen molar-refractivity contribution in [3.8, 4) is 0 Å². The van der Waals surface area contributed by atoms with Gasteiger partial charge in [-0.2, -0.15) is 0 Å². The summed E-state index contributed by atoms with van der Waals surface area (Å²) < 4.78 is 5.24. The Kier molecular flexibility index (Phi) is 4.02. The fraction of sp³-hybridized carbons (Fsp3) is 1.00. The van der Waals surface area contributed by atoms with Crippen LogP contribution < -0.4 is 5.73 Å². The summed E-state index contributed by atoms with van der Waals surface area (Å²) in [6.07, 6.45) is 6.92. The van der Waals surface area contributed by atoms with Crippen LogP contribution in [0.4, 0.5) is 0 Å². The molecule has 0 aliphatic heterocycles. The number of ether oxygens (including phenoxy) is 1. The van der Waals surface area contributed by atoms with Crippen LogP contribution in [-0.2, 0) is 4.74 Å². The van der Waals surface area contributed by atoms with Crippen molar-refractivity contribution in [2.24, 2.45) is 11.7 Å². The maximum atomic E-state index is 6.08. The molecule has 1 saturated carbocycles. The standard InChI is InChI=1S/C10H21NO/c1-8(12-2)10(11)9-6-4-3-5-7-9/h8-10H,3-7,11H2,1-2H3. The summed E-state index contributed by atoms with van der Waals surface area (Å²) in [6, 6.07) is 0.246. The molecule has 0 amide bonds. The molecule has 1 aliphatic rings. The normalized spacial score (nSPS) is 25.2. The van der Waals surface area contributed by atoms with Crippen molar-refractivity contribution >= 4 is 0 Å². The third kappa shape index (κ3) is 2.46. The molecule has 1 aliphatic carbocycles. The zero-order chi connectivity index (χ0) is 8.97. The topological polar surface area (TPSA) is 35.2 Å². The molecule has 1 rings (SSSR count). The molecule has 2 N–H and O–H groups in total. The molecule has 0 radical (unpaired) electrons. The van der Waals surface area contributed by atoms with E-state index in [0.29, 0.717) is 5.92 Å². The number of hydrogen-bond acceptors (Lipinski definition) is 2. The maximum absolute atomic E-state index is 6.08. The monoisotopic (exact) mass is 171 g/mol. The summed E-state index contributed by atoms with van der Waals surface area (Å²) in [5.41, 5.74) is 6.08. The fourth-order valence-corrected chi connectivity index (χ4v) is 2.06. The average molecular weight is 171 g/mol. The Morgan fingerprint density at radius 1 is 1.25 bits per heavy atom. The van der Waals surface area contributed by atoms with Gasteiger partial charge in [0.15, 0.2) is 0 Å². The summed E-state index contributed by atoms with van der Waals surface area (Å²) in [7, 11) is 1.74. The lowest BCUT2D eigenvalue weighted by Gasteiger charge is -2.30. The molecule has 1 fully saturated rings. The third-order valence-electron chi connectivity index (χ3n) is 3.11. The summed E-state index contributed by atoms with van der Waals surface area (Å²) >= 11 is 0. The maximum Gasteiger partial charge on any atom is 0.0696 e. The van der Waals surface area contributed by atoms with E-state index < -0.39 is 0 Å². The second kappa shape index (κ2) is 4.83. The first-order valence-corrected chi connectivity index (χ1v) is 5.04. The van der Waals surface area contributed by atoms with Gasteiger partial charge in [-0.05, 0) is 25.7 Å². The molecule has 12 heavy (non-hydrogen) atoms. The van der Waals surface area contributed by atoms with Crippen LogP contribution >= 0.6 is 0 Å². The first kappa shape index (κ1) is 10.0. The van der Waals surface area contributed by atoms with Gasteiger partial charge in [0.25, 0.3) is 0 Å². The van der Waals surface area contributed by atoms with E-state index in [1.807, 2.05) is 0 Å². The molecule has 0 saturated heterocycles. The van der Waals surface area contributed by atoms with Crippen LogP contribution in [0.2, 0.25) is 0 Å². The Labute approximate surface area is 75.5 Å². The highest BCUT2D eigenvalue weighted by Crippen LogP contribution is 2.27. The van der Waals surface area contributed by atoms with Gasteiger partial charge >= 0.3 is 0 Å². The molecule has 0 spiro atoms.